The highest BCUT2D eigenvalue weighted by Crippen LogP contribution is 2.37. The molecule has 3 nitrogen and oxygen atoms in total. The molecule has 0 spiro atoms. The Kier molecular flexibility index (Phi) is 4.35. The van der Waals surface area contributed by atoms with Gasteiger partial charge in [0.25, 0.3) is 0 Å². The summed E-state index contributed by atoms with van der Waals surface area (Å²) in [5, 5.41) is 1.26. The minimum absolute atomic E-state index is 0.148. The van der Waals surface area contributed by atoms with E-state index in [0.29, 0.717) is 17.9 Å². The second-order valence-corrected chi connectivity index (χ2v) is 11.8. The minimum Gasteiger partial charge on any atom is -0.466 e. The van der Waals surface area contributed by atoms with Crippen molar-refractivity contribution >= 4 is 19.2 Å². The highest BCUT2D eigenvalue weighted by molar-refractivity contribution is 6.93. The highest BCUT2D eigenvalue weighted by Gasteiger charge is 2.43. The molecule has 19 heavy (non-hydrogen) atoms. The third kappa shape index (κ3) is 2.78. The SMILES string of the molecule is CCOC(=O)c1c(C)oc(C)c1[Si](C)(C)C(C)(C)C. The lowest BCUT2D eigenvalue weighted by molar-refractivity contribution is 0.0525. The van der Waals surface area contributed by atoms with E-state index in [1.807, 2.05) is 20.8 Å². The van der Waals surface area contributed by atoms with Crippen LogP contribution in [0.5, 0.6) is 0 Å². The van der Waals surface area contributed by atoms with Crippen molar-refractivity contribution in [3.63, 3.8) is 0 Å². The van der Waals surface area contributed by atoms with E-state index in [9.17, 15) is 4.79 Å². The van der Waals surface area contributed by atoms with Gasteiger partial charge in [0.05, 0.1) is 14.7 Å². The quantitative estimate of drug-likeness (QED) is 0.625. The van der Waals surface area contributed by atoms with Crippen LogP contribution in [-0.2, 0) is 4.74 Å². The molecule has 0 amide bonds. The van der Waals surface area contributed by atoms with Crippen molar-refractivity contribution in [2.75, 3.05) is 6.61 Å². The third-order valence-corrected chi connectivity index (χ3v) is 9.84. The normalized spacial score (nSPS) is 12.6. The van der Waals surface area contributed by atoms with Crippen LogP contribution < -0.4 is 5.19 Å². The summed E-state index contributed by atoms with van der Waals surface area (Å²) in [5.74, 6) is 1.29. The number of aryl methyl sites for hydroxylation is 2. The molecule has 0 fully saturated rings. The van der Waals surface area contributed by atoms with Gasteiger partial charge in [-0.25, -0.2) is 4.79 Å². The van der Waals surface area contributed by atoms with Gasteiger partial charge < -0.3 is 9.15 Å². The van der Waals surface area contributed by atoms with Crippen molar-refractivity contribution in [2.24, 2.45) is 0 Å². The van der Waals surface area contributed by atoms with Crippen LogP contribution in [0.4, 0.5) is 0 Å². The lowest BCUT2D eigenvalue weighted by Crippen LogP contribution is -2.52. The summed E-state index contributed by atoms with van der Waals surface area (Å²) in [5.41, 5.74) is 0.658. The maximum Gasteiger partial charge on any atom is 0.341 e. The summed E-state index contributed by atoms with van der Waals surface area (Å²) in [6.45, 7) is 17.3. The van der Waals surface area contributed by atoms with E-state index in [1.54, 1.807) is 0 Å². The molecule has 1 aromatic rings. The number of carbonyl (C=O) groups is 1. The molecule has 0 bridgehead atoms. The van der Waals surface area contributed by atoms with Crippen molar-refractivity contribution in [3.8, 4) is 0 Å². The number of hydrogen-bond acceptors (Lipinski definition) is 3. The standard InChI is InChI=1S/C15H26O3Si/c1-9-17-14(16)12-10(2)18-11(3)13(12)19(7,8)15(4,5)6/h9H2,1-8H3. The van der Waals surface area contributed by atoms with Gasteiger partial charge in [0.1, 0.15) is 17.1 Å². The Morgan fingerprint density at radius 1 is 1.21 bits per heavy atom. The van der Waals surface area contributed by atoms with Gasteiger partial charge in [-0.15, -0.1) is 0 Å². The zero-order valence-corrected chi connectivity index (χ0v) is 14.4. The maximum atomic E-state index is 12.2. The molecule has 4 heteroatoms. The predicted octanol–water partition coefficient (Wildman–Crippen LogP) is 3.79. The molecule has 0 radical (unpaired) electrons. The van der Waals surface area contributed by atoms with E-state index >= 15 is 0 Å². The molecule has 1 heterocycles. The maximum absolute atomic E-state index is 12.2. The van der Waals surface area contributed by atoms with E-state index in [0.717, 1.165) is 10.9 Å². The lowest BCUT2D eigenvalue weighted by Gasteiger charge is -2.37. The fraction of sp³-hybridized carbons (Fsp3) is 0.667. The molecule has 0 aliphatic carbocycles. The van der Waals surface area contributed by atoms with Crippen molar-refractivity contribution < 1.29 is 13.9 Å². The number of esters is 1. The molecule has 108 valence electrons. The van der Waals surface area contributed by atoms with Gasteiger partial charge in [0, 0.05) is 0 Å². The van der Waals surface area contributed by atoms with Gasteiger partial charge in [0.2, 0.25) is 0 Å². The first kappa shape index (κ1) is 16.0. The summed E-state index contributed by atoms with van der Waals surface area (Å²) in [6, 6.07) is 0. The largest absolute Gasteiger partial charge is 0.466 e. The smallest absolute Gasteiger partial charge is 0.341 e. The first-order chi connectivity index (χ1) is 8.54. The minimum atomic E-state index is -1.84. The molecule has 0 atom stereocenters. The number of carbonyl (C=O) groups excluding carboxylic acids is 1. The average Bonchev–Trinajstić information content (AvgIpc) is 2.52. The number of ether oxygens (including phenoxy) is 1. The highest BCUT2D eigenvalue weighted by atomic mass is 28.3. The average molecular weight is 282 g/mol. The van der Waals surface area contributed by atoms with E-state index in [1.165, 1.54) is 0 Å². The van der Waals surface area contributed by atoms with Crippen LogP contribution in [0.2, 0.25) is 18.1 Å². The fourth-order valence-corrected chi connectivity index (χ4v) is 4.84. The van der Waals surface area contributed by atoms with Gasteiger partial charge >= 0.3 is 5.97 Å². The number of rotatable bonds is 3. The van der Waals surface area contributed by atoms with Gasteiger partial charge in [0.15, 0.2) is 0 Å². The predicted molar refractivity (Wildman–Crippen MR) is 81.0 cm³/mol. The van der Waals surface area contributed by atoms with Crippen molar-refractivity contribution in [1.29, 1.82) is 0 Å². The van der Waals surface area contributed by atoms with Crippen molar-refractivity contribution in [2.45, 2.75) is 59.7 Å². The zero-order chi connectivity index (χ0) is 15.0. The molecule has 1 aromatic heterocycles. The molecule has 0 saturated carbocycles. The van der Waals surface area contributed by atoms with E-state index in [-0.39, 0.29) is 11.0 Å². The Bertz CT molecular complexity index is 478. The molecule has 0 saturated heterocycles. The number of furan rings is 1. The molecular formula is C15H26O3Si. The van der Waals surface area contributed by atoms with Crippen LogP contribution in [0.25, 0.3) is 0 Å². The van der Waals surface area contributed by atoms with Crippen LogP contribution in [0.3, 0.4) is 0 Å². The van der Waals surface area contributed by atoms with E-state index in [4.69, 9.17) is 9.15 Å². The molecule has 0 aliphatic heterocycles. The molecule has 0 aliphatic rings. The van der Waals surface area contributed by atoms with Crippen LogP contribution in [0.15, 0.2) is 4.42 Å². The van der Waals surface area contributed by atoms with Crippen LogP contribution in [0, 0.1) is 13.8 Å². The van der Waals surface area contributed by atoms with Crippen LogP contribution in [0.1, 0.15) is 49.6 Å². The molecular weight excluding hydrogens is 256 g/mol. The van der Waals surface area contributed by atoms with Crippen molar-refractivity contribution in [3.05, 3.63) is 17.1 Å². The first-order valence-corrected chi connectivity index (χ1v) is 9.81. The Balaban J connectivity index is 3.48. The van der Waals surface area contributed by atoms with Gasteiger partial charge in [-0.2, -0.15) is 0 Å². The van der Waals surface area contributed by atoms with Gasteiger partial charge in [-0.05, 0) is 31.0 Å². The molecule has 1 rings (SSSR count). The van der Waals surface area contributed by atoms with Crippen LogP contribution in [-0.4, -0.2) is 20.7 Å². The Labute approximate surface area is 117 Å². The molecule has 0 aromatic carbocycles. The summed E-state index contributed by atoms with van der Waals surface area (Å²) in [6.07, 6.45) is 0. The molecule has 0 unspecified atom stereocenters. The Hall–Kier alpha value is -1.03. The fourth-order valence-electron chi connectivity index (χ4n) is 2.26. The third-order valence-electron chi connectivity index (χ3n) is 4.24. The Morgan fingerprint density at radius 2 is 1.74 bits per heavy atom. The molecule has 0 N–H and O–H groups in total. The van der Waals surface area contributed by atoms with Crippen molar-refractivity contribution in [1.82, 2.24) is 0 Å². The summed E-state index contributed by atoms with van der Waals surface area (Å²) < 4.78 is 10.9. The second kappa shape index (κ2) is 5.16. The summed E-state index contributed by atoms with van der Waals surface area (Å²) in [7, 11) is -1.84. The monoisotopic (exact) mass is 282 g/mol. The van der Waals surface area contributed by atoms with E-state index in [2.05, 4.69) is 33.9 Å². The Morgan fingerprint density at radius 3 is 2.16 bits per heavy atom. The first-order valence-electron chi connectivity index (χ1n) is 6.81. The lowest BCUT2D eigenvalue weighted by atomic mass is 10.2. The summed E-state index contributed by atoms with van der Waals surface area (Å²) >= 11 is 0. The second-order valence-electron chi connectivity index (χ2n) is 6.56. The number of hydrogen-bond donors (Lipinski definition) is 0. The van der Waals surface area contributed by atoms with Gasteiger partial charge in [-0.3, -0.25) is 0 Å². The topological polar surface area (TPSA) is 39.4 Å². The van der Waals surface area contributed by atoms with Gasteiger partial charge in [-0.1, -0.05) is 33.9 Å². The van der Waals surface area contributed by atoms with E-state index < -0.39 is 8.07 Å². The summed E-state index contributed by atoms with van der Waals surface area (Å²) in [4.78, 5) is 12.2. The zero-order valence-electron chi connectivity index (χ0n) is 13.4. The van der Waals surface area contributed by atoms with Crippen LogP contribution >= 0.6 is 0 Å².